The maximum Gasteiger partial charge on any atom is 0.135 e. The van der Waals surface area contributed by atoms with Gasteiger partial charge in [-0.15, -0.1) is 35.7 Å². The van der Waals surface area contributed by atoms with E-state index in [0.29, 0.717) is 22.9 Å². The first-order chi connectivity index (χ1) is 35.0. The van der Waals surface area contributed by atoms with Crippen LogP contribution >= 0.6 is 0 Å². The third-order valence-corrected chi connectivity index (χ3v) is 16.6. The van der Waals surface area contributed by atoms with Crippen LogP contribution in [-0.2, 0) is 31.9 Å². The number of pyridine rings is 1. The van der Waals surface area contributed by atoms with Crippen LogP contribution in [0.15, 0.2) is 170 Å². The maximum atomic E-state index is 8.38. The number of ether oxygens (including phenoxy) is 1. The number of hydrogen-bond acceptors (Lipinski definition) is 3. The Labute approximate surface area is 449 Å². The Bertz CT molecular complexity index is 4160. The second-order valence-electron chi connectivity index (χ2n) is 22.5. The van der Waals surface area contributed by atoms with Gasteiger partial charge in [0.1, 0.15) is 5.82 Å². The molecule has 0 radical (unpaired) electrons. The van der Waals surface area contributed by atoms with Crippen molar-refractivity contribution in [3.63, 3.8) is 0 Å². The summed E-state index contributed by atoms with van der Waals surface area (Å²) in [4.78, 5) is 11.1. The average Bonchev–Trinajstić information content (AvgIpc) is 3.94. The fourth-order valence-electron chi connectivity index (χ4n) is 10.7. The fraction of sp³-hybridized carbons (Fsp3) is 0.167. The summed E-state index contributed by atoms with van der Waals surface area (Å²) >= 11 is 0. The first-order valence-electron chi connectivity index (χ1n) is 25.1. The monoisotopic (exact) mass is 1160 g/mol. The topological polar surface area (TPSA) is 39.6 Å². The summed E-state index contributed by atoms with van der Waals surface area (Å²) in [6.45, 7) is 31.5. The summed E-state index contributed by atoms with van der Waals surface area (Å²) in [6.07, 6.45) is 1.89. The molecule has 12 rings (SSSR count). The molecule has 0 bridgehead atoms. The largest absolute Gasteiger partial charge is 0.510 e. The van der Waals surface area contributed by atoms with Crippen LogP contribution in [0.2, 0.25) is 19.6 Å². The molecule has 0 amide bonds. The first kappa shape index (κ1) is 48.6. The molecule has 0 fully saturated rings. The molecular formula is C66H56N5OPtSi-3. The van der Waals surface area contributed by atoms with Crippen molar-refractivity contribution in [2.45, 2.75) is 72.0 Å². The van der Waals surface area contributed by atoms with E-state index in [4.69, 9.17) is 16.3 Å². The van der Waals surface area contributed by atoms with Gasteiger partial charge in [0.25, 0.3) is 0 Å². The van der Waals surface area contributed by atoms with Gasteiger partial charge in [-0.1, -0.05) is 193 Å². The molecule has 0 unspecified atom stereocenters. The Morgan fingerprint density at radius 1 is 0.581 bits per heavy atom. The molecule has 0 aliphatic carbocycles. The zero-order valence-corrected chi connectivity index (χ0v) is 46.5. The smallest absolute Gasteiger partial charge is 0.135 e. The molecule has 3 aromatic heterocycles. The van der Waals surface area contributed by atoms with E-state index in [9.17, 15) is 0 Å². The van der Waals surface area contributed by atoms with Gasteiger partial charge in [0.05, 0.1) is 20.3 Å². The van der Waals surface area contributed by atoms with Gasteiger partial charge in [-0.05, 0) is 113 Å². The van der Waals surface area contributed by atoms with Crippen molar-refractivity contribution >= 4 is 95.5 Å². The molecule has 0 atom stereocenters. The standard InChI is InChI=1S/C66H56N5OSi.Pt/c1-65(2,3)43-31-32-68-62(36-43)71-59-27-16-15-23-55(59)56-30-29-47(40-61(56)71)72-48-38-45(67-7)37-46(39-48)69-41-70-63-50(42-33-44(66(4,5)6)35-49(34-42)73(8,9)10)24-17-25-57(63)53-21-13-11-19-51(53)52-20-12-14-22-54(52)58-26-18-28-60(69)64(58)70;/h11-38,41H,1-6,8-10H3;/q-3;. The first-order valence-corrected chi connectivity index (χ1v) is 28.6. The summed E-state index contributed by atoms with van der Waals surface area (Å²) in [5.41, 5.74) is 10.9. The van der Waals surface area contributed by atoms with Gasteiger partial charge in [0, 0.05) is 50.0 Å². The van der Waals surface area contributed by atoms with Crippen molar-refractivity contribution in [3.05, 3.63) is 211 Å². The number of rotatable bonds is 6. The minimum absolute atomic E-state index is 0. The average molecular weight is 1160 g/mol. The van der Waals surface area contributed by atoms with Gasteiger partial charge in [-0.25, -0.2) is 4.98 Å². The zero-order chi connectivity index (χ0) is 50.6. The molecule has 74 heavy (non-hydrogen) atoms. The van der Waals surface area contributed by atoms with Crippen molar-refractivity contribution in [2.75, 3.05) is 4.90 Å². The van der Waals surface area contributed by atoms with Crippen molar-refractivity contribution < 1.29 is 25.8 Å². The predicted molar refractivity (Wildman–Crippen MR) is 309 cm³/mol. The van der Waals surface area contributed by atoms with E-state index in [-0.39, 0.29) is 31.9 Å². The number of fused-ring (bicyclic) bond motifs is 10. The third kappa shape index (κ3) is 8.31. The Morgan fingerprint density at radius 3 is 1.86 bits per heavy atom. The number of hydrogen-bond donors (Lipinski definition) is 0. The molecule has 1 aliphatic rings. The summed E-state index contributed by atoms with van der Waals surface area (Å²) in [5, 5.41) is 10.5. The van der Waals surface area contributed by atoms with Gasteiger partial charge < -0.3 is 18.8 Å². The summed E-state index contributed by atoms with van der Waals surface area (Å²) in [7, 11) is -1.77. The van der Waals surface area contributed by atoms with Crippen LogP contribution in [0.4, 0.5) is 17.1 Å². The van der Waals surface area contributed by atoms with Gasteiger partial charge in [-0.3, -0.25) is 4.85 Å². The maximum absolute atomic E-state index is 8.38. The van der Waals surface area contributed by atoms with E-state index in [1.807, 2.05) is 18.3 Å². The van der Waals surface area contributed by atoms with E-state index in [1.54, 1.807) is 6.07 Å². The molecule has 1 aliphatic heterocycles. The summed E-state index contributed by atoms with van der Waals surface area (Å²) in [6, 6.07) is 65.9. The molecule has 0 saturated carbocycles. The Kier molecular flexibility index (Phi) is 11.9. The molecule has 8 heteroatoms. The van der Waals surface area contributed by atoms with Crippen LogP contribution in [0.5, 0.6) is 11.5 Å². The van der Waals surface area contributed by atoms with Gasteiger partial charge in [0.15, 0.2) is 0 Å². The van der Waals surface area contributed by atoms with Crippen LogP contribution in [0.1, 0.15) is 52.7 Å². The fourth-order valence-corrected chi connectivity index (χ4v) is 11.8. The molecule has 4 heterocycles. The van der Waals surface area contributed by atoms with Gasteiger partial charge in [0.2, 0.25) is 0 Å². The quantitative estimate of drug-likeness (QED) is 0.123. The second-order valence-corrected chi connectivity index (χ2v) is 27.6. The molecule has 8 aromatic carbocycles. The Hall–Kier alpha value is -7.62. The Morgan fingerprint density at radius 2 is 1.20 bits per heavy atom. The van der Waals surface area contributed by atoms with Crippen LogP contribution in [0.3, 0.4) is 0 Å². The van der Waals surface area contributed by atoms with Crippen molar-refractivity contribution in [1.29, 1.82) is 0 Å². The number of nitrogens with zero attached hydrogens (tertiary/aromatic N) is 5. The number of aromatic nitrogens is 3. The van der Waals surface area contributed by atoms with Crippen LogP contribution in [-0.4, -0.2) is 22.2 Å². The molecule has 368 valence electrons. The molecule has 6 nitrogen and oxygen atoms in total. The van der Waals surface area contributed by atoms with E-state index >= 15 is 0 Å². The van der Waals surface area contributed by atoms with E-state index < -0.39 is 8.07 Å². The van der Waals surface area contributed by atoms with E-state index in [0.717, 1.165) is 71.5 Å². The zero-order valence-electron chi connectivity index (χ0n) is 43.2. The Balaban J connectivity index is 0.00000588. The third-order valence-electron chi connectivity index (χ3n) is 14.5. The predicted octanol–water partition coefficient (Wildman–Crippen LogP) is 17.6. The number of benzene rings is 8. The molecule has 11 aromatic rings. The van der Waals surface area contributed by atoms with Crippen LogP contribution < -0.4 is 14.8 Å². The van der Waals surface area contributed by atoms with E-state index in [2.05, 4.69) is 244 Å². The van der Waals surface area contributed by atoms with Crippen molar-refractivity contribution in [2.24, 2.45) is 0 Å². The molecule has 0 N–H and O–H groups in total. The number of para-hydroxylation sites is 3. The summed E-state index contributed by atoms with van der Waals surface area (Å²) in [5.74, 6) is 1.74. The van der Waals surface area contributed by atoms with Gasteiger partial charge in [-0.2, -0.15) is 6.07 Å². The number of anilines is 2. The molecule has 0 spiro atoms. The molecular weight excluding hydrogens is 1100 g/mol. The van der Waals surface area contributed by atoms with Crippen molar-refractivity contribution in [1.82, 2.24) is 14.1 Å². The second kappa shape index (κ2) is 18.1. The summed E-state index contributed by atoms with van der Waals surface area (Å²) < 4.78 is 11.4. The van der Waals surface area contributed by atoms with Crippen LogP contribution in [0.25, 0.3) is 86.9 Å². The van der Waals surface area contributed by atoms with Gasteiger partial charge >= 0.3 is 0 Å². The minimum Gasteiger partial charge on any atom is -0.510 e. The SMILES string of the molecule is [C-]#[N+]c1cc(Oc2[c-]c3c(cc2)c2ccccc2n3-c2cc(C(C)(C)C)ccn2)[c-]c(N2[CH-]n3c4c(-c5cc(C(C)(C)C)cc([Si](C)(C)C)c5)cccc4c4ccccc4c4ccccc4c4cccc2c43)c1.[Pt]. The normalized spacial score (nSPS) is 12.6. The van der Waals surface area contributed by atoms with E-state index in [1.165, 1.54) is 32.6 Å². The minimum atomic E-state index is -1.77. The van der Waals surface area contributed by atoms with Crippen LogP contribution in [0, 0.1) is 25.4 Å². The molecule has 0 saturated heterocycles. The van der Waals surface area contributed by atoms with Crippen molar-refractivity contribution in [3.8, 4) is 28.4 Å².